The van der Waals surface area contributed by atoms with Crippen molar-refractivity contribution >= 4 is 34.4 Å². The fourth-order valence-electron chi connectivity index (χ4n) is 9.93. The number of carbonyl (C=O) groups excluding carboxylic acids is 3. The van der Waals surface area contributed by atoms with E-state index < -0.39 is 0 Å². The fourth-order valence-corrected chi connectivity index (χ4v) is 9.93. The third-order valence-corrected chi connectivity index (χ3v) is 12.8. The summed E-state index contributed by atoms with van der Waals surface area (Å²) in [5, 5.41) is 12.2. The van der Waals surface area contributed by atoms with Crippen molar-refractivity contribution < 1.29 is 19.5 Å². The lowest BCUT2D eigenvalue weighted by molar-refractivity contribution is -0.123. The average molecular weight is 706 g/mol. The van der Waals surface area contributed by atoms with Crippen LogP contribution in [0.15, 0.2) is 50.9 Å². The number of carbonyl (C=O) groups is 3. The molecule has 6 aliphatic rings. The predicted octanol–water partition coefficient (Wildman–Crippen LogP) is 9.13. The number of hydrogen-bond donors (Lipinski definition) is 1. The SMILES string of the molecule is CCCCC(CC)C(=O)Cc1c(C2=C(O)C(=C3C=C4CCCN5CCCC(=C45)C3=NC(=O)C(CC)CCCC)C2=O)cc2c3c1CCCN3CCC2. The zero-order valence-corrected chi connectivity index (χ0v) is 32.2. The van der Waals surface area contributed by atoms with Gasteiger partial charge in [-0.3, -0.25) is 14.4 Å². The number of aliphatic imine (C=N–C) groups is 1. The summed E-state index contributed by atoms with van der Waals surface area (Å²) in [6.07, 6.45) is 17.3. The van der Waals surface area contributed by atoms with Crippen LogP contribution in [0.25, 0.3) is 5.57 Å². The first-order chi connectivity index (χ1) is 25.3. The molecule has 52 heavy (non-hydrogen) atoms. The van der Waals surface area contributed by atoms with E-state index in [0.29, 0.717) is 16.9 Å². The van der Waals surface area contributed by atoms with Crippen molar-refractivity contribution in [3.05, 3.63) is 68.1 Å². The highest BCUT2D eigenvalue weighted by Crippen LogP contribution is 2.48. The molecule has 0 spiro atoms. The van der Waals surface area contributed by atoms with Crippen molar-refractivity contribution in [3.8, 4) is 0 Å². The molecule has 278 valence electrons. The van der Waals surface area contributed by atoms with Crippen LogP contribution in [0.2, 0.25) is 0 Å². The quantitative estimate of drug-likeness (QED) is 0.206. The molecule has 0 aromatic heterocycles. The van der Waals surface area contributed by atoms with Crippen molar-refractivity contribution in [2.45, 2.75) is 137 Å². The van der Waals surface area contributed by atoms with Crippen LogP contribution in [0.4, 0.5) is 5.69 Å². The maximum atomic E-state index is 14.7. The number of unbranched alkanes of at least 4 members (excludes halogenated alkanes) is 2. The summed E-state index contributed by atoms with van der Waals surface area (Å²) in [5.41, 5.74) is 10.6. The number of ketones is 2. The smallest absolute Gasteiger partial charge is 0.249 e. The number of aryl methyl sites for hydroxylation is 1. The predicted molar refractivity (Wildman–Crippen MR) is 210 cm³/mol. The van der Waals surface area contributed by atoms with Crippen molar-refractivity contribution in [1.29, 1.82) is 0 Å². The number of aliphatic hydroxyl groups is 1. The molecule has 0 bridgehead atoms. The van der Waals surface area contributed by atoms with E-state index in [-0.39, 0.29) is 47.1 Å². The average Bonchev–Trinajstić information content (AvgIpc) is 3.15. The zero-order chi connectivity index (χ0) is 36.5. The molecule has 7 rings (SSSR count). The Morgan fingerprint density at radius 1 is 0.827 bits per heavy atom. The van der Waals surface area contributed by atoms with Crippen LogP contribution in [0.3, 0.4) is 0 Å². The van der Waals surface area contributed by atoms with Crippen LogP contribution >= 0.6 is 0 Å². The Labute approximate surface area is 311 Å². The first kappa shape index (κ1) is 36.6. The number of piperidine rings is 1. The van der Waals surface area contributed by atoms with Crippen LogP contribution in [0, 0.1) is 11.8 Å². The molecule has 2 unspecified atom stereocenters. The molecule has 4 heterocycles. The molecule has 1 amide bonds. The Morgan fingerprint density at radius 3 is 2.17 bits per heavy atom. The van der Waals surface area contributed by atoms with Gasteiger partial charge in [0.05, 0.1) is 16.9 Å². The highest BCUT2D eigenvalue weighted by Gasteiger charge is 2.43. The Kier molecular flexibility index (Phi) is 11.1. The molecule has 4 aliphatic heterocycles. The Morgan fingerprint density at radius 2 is 1.48 bits per heavy atom. The first-order valence-electron chi connectivity index (χ1n) is 20.8. The van der Waals surface area contributed by atoms with Gasteiger partial charge >= 0.3 is 0 Å². The van der Waals surface area contributed by atoms with Gasteiger partial charge in [-0.2, -0.15) is 0 Å². The number of rotatable bonds is 13. The van der Waals surface area contributed by atoms with Crippen LogP contribution in [-0.2, 0) is 33.6 Å². The number of hydrogen-bond acceptors (Lipinski definition) is 6. The summed E-state index contributed by atoms with van der Waals surface area (Å²) >= 11 is 0. The molecule has 1 aromatic carbocycles. The van der Waals surface area contributed by atoms with E-state index in [1.54, 1.807) is 0 Å². The van der Waals surface area contributed by atoms with Crippen LogP contribution in [0.5, 0.6) is 0 Å². The molecule has 2 aliphatic carbocycles. The van der Waals surface area contributed by atoms with Gasteiger partial charge in [0, 0.05) is 67.0 Å². The molecule has 1 N–H and O–H groups in total. The molecule has 2 atom stereocenters. The van der Waals surface area contributed by atoms with Gasteiger partial charge in [-0.25, -0.2) is 4.99 Å². The largest absolute Gasteiger partial charge is 0.506 e. The van der Waals surface area contributed by atoms with Crippen molar-refractivity contribution in [1.82, 2.24) is 4.90 Å². The van der Waals surface area contributed by atoms with Gasteiger partial charge in [0.1, 0.15) is 11.5 Å². The second kappa shape index (κ2) is 15.7. The third kappa shape index (κ3) is 6.55. The van der Waals surface area contributed by atoms with Gasteiger partial charge in [-0.1, -0.05) is 53.4 Å². The second-order valence-corrected chi connectivity index (χ2v) is 16.1. The molecular formula is C45H59N3O4. The van der Waals surface area contributed by atoms with Gasteiger partial charge in [-0.05, 0) is 117 Å². The molecule has 7 nitrogen and oxygen atoms in total. The minimum Gasteiger partial charge on any atom is -0.506 e. The van der Waals surface area contributed by atoms with Crippen molar-refractivity contribution in [2.75, 3.05) is 31.1 Å². The number of nitrogens with zero attached hydrogens (tertiary/aromatic N) is 3. The molecule has 1 saturated heterocycles. The van der Waals surface area contributed by atoms with Crippen molar-refractivity contribution in [3.63, 3.8) is 0 Å². The van der Waals surface area contributed by atoms with Gasteiger partial charge in [0.2, 0.25) is 11.7 Å². The van der Waals surface area contributed by atoms with E-state index in [1.165, 1.54) is 28.1 Å². The maximum absolute atomic E-state index is 14.7. The van der Waals surface area contributed by atoms with Gasteiger partial charge in [0.15, 0.2) is 0 Å². The molecule has 0 saturated carbocycles. The molecule has 1 aromatic rings. The van der Waals surface area contributed by atoms with Gasteiger partial charge in [0.25, 0.3) is 0 Å². The molecular weight excluding hydrogens is 647 g/mol. The minimum absolute atomic E-state index is 0.00413. The lowest BCUT2D eigenvalue weighted by Gasteiger charge is -2.42. The fraction of sp³-hybridized carbons (Fsp3) is 0.600. The van der Waals surface area contributed by atoms with E-state index in [2.05, 4.69) is 49.6 Å². The topological polar surface area (TPSA) is 90.3 Å². The summed E-state index contributed by atoms with van der Waals surface area (Å²) in [6, 6.07) is 2.13. The Bertz CT molecular complexity index is 1800. The lowest BCUT2D eigenvalue weighted by Crippen LogP contribution is -2.39. The van der Waals surface area contributed by atoms with E-state index in [9.17, 15) is 19.5 Å². The Balaban J connectivity index is 1.37. The Hall–Kier alpha value is -3.74. The monoisotopic (exact) mass is 705 g/mol. The summed E-state index contributed by atoms with van der Waals surface area (Å²) in [5.74, 6) is -0.249. The second-order valence-electron chi connectivity index (χ2n) is 16.1. The summed E-state index contributed by atoms with van der Waals surface area (Å²) < 4.78 is 0. The maximum Gasteiger partial charge on any atom is 0.249 e. The summed E-state index contributed by atoms with van der Waals surface area (Å²) in [6.45, 7) is 12.5. The summed E-state index contributed by atoms with van der Waals surface area (Å²) in [4.78, 5) is 52.4. The third-order valence-electron chi connectivity index (χ3n) is 12.8. The molecule has 1 fully saturated rings. The van der Waals surface area contributed by atoms with Gasteiger partial charge in [-0.15, -0.1) is 0 Å². The normalized spacial score (nSPS) is 23.0. The number of benzene rings is 1. The number of Topliss-reactive ketones (excluding diaryl/α,β-unsaturated/α-hetero) is 2. The highest BCUT2D eigenvalue weighted by molar-refractivity contribution is 6.42. The number of allylic oxidation sites excluding steroid dienone is 6. The molecule has 7 heteroatoms. The van der Waals surface area contributed by atoms with E-state index in [1.807, 2.05) is 0 Å². The van der Waals surface area contributed by atoms with Crippen molar-refractivity contribution in [2.24, 2.45) is 16.8 Å². The summed E-state index contributed by atoms with van der Waals surface area (Å²) in [7, 11) is 0. The van der Waals surface area contributed by atoms with E-state index in [0.717, 1.165) is 146 Å². The standard InChI is InChI=1S/C45H59N3O4/c1-5-9-15-28(7-3)37(49)27-34-32-19-13-23-47-21-11-17-30(41(32)47)25-35(34)38-43(50)39(44(38)51)36-26-31-18-12-22-48-24-14-20-33(42(31)48)40(36)46-45(52)29(8-4)16-10-6-2/h25-26,28-29,50H,5-24,27H2,1-4H3. The lowest BCUT2D eigenvalue weighted by atomic mass is 9.72. The van der Waals surface area contributed by atoms with Crippen LogP contribution < -0.4 is 4.90 Å². The number of aliphatic hydroxyl groups excluding tert-OH is 1. The highest BCUT2D eigenvalue weighted by atomic mass is 16.3. The van der Waals surface area contributed by atoms with Crippen LogP contribution in [0.1, 0.15) is 140 Å². The van der Waals surface area contributed by atoms with Gasteiger partial charge < -0.3 is 14.9 Å². The van der Waals surface area contributed by atoms with E-state index >= 15 is 0 Å². The minimum atomic E-state index is -0.197. The molecule has 0 radical (unpaired) electrons. The number of anilines is 1. The van der Waals surface area contributed by atoms with E-state index in [4.69, 9.17) is 4.99 Å². The van der Waals surface area contributed by atoms with Crippen LogP contribution in [-0.4, -0.2) is 59.4 Å². The first-order valence-corrected chi connectivity index (χ1v) is 20.8. The number of amides is 1. The zero-order valence-electron chi connectivity index (χ0n) is 32.2.